The van der Waals surface area contributed by atoms with Gasteiger partial charge in [0.05, 0.1) is 0 Å². The molecule has 2 N–H and O–H groups in total. The fraction of sp³-hybridized carbons (Fsp3) is 0.950. The second kappa shape index (κ2) is 13.4. The van der Waals surface area contributed by atoms with Gasteiger partial charge in [-0.1, -0.05) is 27.2 Å². The molecule has 1 saturated heterocycles. The quantitative estimate of drug-likeness (QED) is 0.313. The first-order valence-electron chi connectivity index (χ1n) is 10.6. The number of aliphatic imine (C=N–C) groups is 1. The van der Waals surface area contributed by atoms with Crippen molar-refractivity contribution in [2.75, 3.05) is 39.0 Å². The molecule has 2 aliphatic rings. The lowest BCUT2D eigenvalue weighted by molar-refractivity contribution is 0.159. The first-order chi connectivity index (χ1) is 12.5. The Morgan fingerprint density at radius 2 is 2.04 bits per heavy atom. The van der Waals surface area contributed by atoms with E-state index >= 15 is 0 Å². The van der Waals surface area contributed by atoms with Crippen LogP contribution in [0.5, 0.6) is 0 Å². The fourth-order valence-corrected chi connectivity index (χ4v) is 5.73. The second-order valence-electron chi connectivity index (χ2n) is 8.41. The monoisotopic (exact) mass is 512 g/mol. The summed E-state index contributed by atoms with van der Waals surface area (Å²) in [5.41, 5.74) is 0. The maximum Gasteiger partial charge on any atom is 0.191 e. The average Bonchev–Trinajstić information content (AvgIpc) is 2.64. The molecule has 0 bridgehead atoms. The van der Waals surface area contributed by atoms with Gasteiger partial charge in [0.15, 0.2) is 5.96 Å². The van der Waals surface area contributed by atoms with Crippen LogP contribution in [0.4, 0.5) is 0 Å². The smallest absolute Gasteiger partial charge is 0.191 e. The van der Waals surface area contributed by atoms with E-state index in [-0.39, 0.29) is 24.0 Å². The van der Waals surface area contributed by atoms with Gasteiger partial charge in [-0.3, -0.25) is 9.20 Å². The molecule has 0 aromatic heterocycles. The van der Waals surface area contributed by atoms with Gasteiger partial charge in [-0.15, -0.1) is 24.0 Å². The van der Waals surface area contributed by atoms with Gasteiger partial charge < -0.3 is 15.5 Å². The van der Waals surface area contributed by atoms with Crippen molar-refractivity contribution in [1.82, 2.24) is 15.5 Å². The molecule has 0 spiro atoms. The Labute approximate surface area is 186 Å². The molecular weight excluding hydrogens is 471 g/mol. The van der Waals surface area contributed by atoms with Crippen molar-refractivity contribution in [2.24, 2.45) is 16.8 Å². The third kappa shape index (κ3) is 8.98. The predicted octanol–water partition coefficient (Wildman–Crippen LogP) is 3.22. The van der Waals surface area contributed by atoms with Crippen molar-refractivity contribution in [3.63, 3.8) is 0 Å². The van der Waals surface area contributed by atoms with E-state index in [1.807, 2.05) is 14.0 Å². The SMILES string of the molecule is CCS(=O)C1CCCC(NC(=NC)NCC2CCCN(CC(C)C)C2)C1.I. The number of nitrogens with one attached hydrogen (secondary N) is 2. The van der Waals surface area contributed by atoms with Crippen molar-refractivity contribution in [3.8, 4) is 0 Å². The molecule has 0 amide bonds. The molecule has 160 valence electrons. The van der Waals surface area contributed by atoms with Crippen molar-refractivity contribution < 1.29 is 4.21 Å². The summed E-state index contributed by atoms with van der Waals surface area (Å²) in [5, 5.41) is 7.50. The number of rotatable bonds is 7. The molecule has 1 heterocycles. The Bertz CT molecular complexity index is 475. The molecule has 7 heteroatoms. The summed E-state index contributed by atoms with van der Waals surface area (Å²) in [6, 6.07) is 0.402. The lowest BCUT2D eigenvalue weighted by atomic mass is 9.95. The summed E-state index contributed by atoms with van der Waals surface area (Å²) in [6.07, 6.45) is 7.05. The first kappa shape index (κ1) is 25.1. The van der Waals surface area contributed by atoms with Crippen LogP contribution in [-0.2, 0) is 10.8 Å². The van der Waals surface area contributed by atoms with E-state index in [2.05, 4.69) is 34.4 Å². The Morgan fingerprint density at radius 1 is 1.26 bits per heavy atom. The zero-order valence-corrected chi connectivity index (χ0v) is 20.9. The van der Waals surface area contributed by atoms with E-state index in [0.29, 0.717) is 17.2 Å². The first-order valence-corrected chi connectivity index (χ1v) is 12.0. The van der Waals surface area contributed by atoms with Crippen LogP contribution in [-0.4, -0.2) is 65.3 Å². The number of hydrogen-bond acceptors (Lipinski definition) is 3. The van der Waals surface area contributed by atoms with Gasteiger partial charge in [-0.25, -0.2) is 0 Å². The third-order valence-electron chi connectivity index (χ3n) is 5.63. The van der Waals surface area contributed by atoms with Crippen molar-refractivity contribution in [3.05, 3.63) is 0 Å². The van der Waals surface area contributed by atoms with E-state index in [9.17, 15) is 4.21 Å². The van der Waals surface area contributed by atoms with Crippen molar-refractivity contribution in [2.45, 2.75) is 70.6 Å². The molecule has 4 atom stereocenters. The van der Waals surface area contributed by atoms with Gasteiger partial charge in [0.1, 0.15) is 0 Å². The Balaban J connectivity index is 0.00000364. The number of likely N-dealkylation sites (tertiary alicyclic amines) is 1. The average molecular weight is 513 g/mol. The summed E-state index contributed by atoms with van der Waals surface area (Å²) in [7, 11) is 1.18. The zero-order chi connectivity index (χ0) is 18.9. The Hall–Kier alpha value is 0.110. The standard InChI is InChI=1S/C20H40N4OS.HI/c1-5-26(25)19-10-6-9-18(12-19)23-20(21-4)22-13-17-8-7-11-24(15-17)14-16(2)3;/h16-19H,5-15H2,1-4H3,(H2,21,22,23);1H. The molecule has 1 saturated carbocycles. The van der Waals surface area contributed by atoms with E-state index < -0.39 is 10.8 Å². The topological polar surface area (TPSA) is 56.7 Å². The van der Waals surface area contributed by atoms with Gasteiger partial charge in [-0.05, 0) is 50.5 Å². The lowest BCUT2D eigenvalue weighted by Gasteiger charge is -2.34. The van der Waals surface area contributed by atoms with Crippen LogP contribution in [0, 0.1) is 11.8 Å². The van der Waals surface area contributed by atoms with E-state index in [1.165, 1.54) is 32.5 Å². The largest absolute Gasteiger partial charge is 0.356 e. The fourth-order valence-electron chi connectivity index (χ4n) is 4.38. The van der Waals surface area contributed by atoms with Crippen LogP contribution < -0.4 is 10.6 Å². The highest BCUT2D eigenvalue weighted by Gasteiger charge is 2.26. The summed E-state index contributed by atoms with van der Waals surface area (Å²) in [5.74, 6) is 3.13. The van der Waals surface area contributed by atoms with Gasteiger partial charge in [0.25, 0.3) is 0 Å². The predicted molar refractivity (Wildman–Crippen MR) is 129 cm³/mol. The number of nitrogens with zero attached hydrogens (tertiary/aromatic N) is 2. The molecule has 0 radical (unpaired) electrons. The van der Waals surface area contributed by atoms with Crippen LogP contribution in [0.15, 0.2) is 4.99 Å². The molecule has 4 unspecified atom stereocenters. The summed E-state index contributed by atoms with van der Waals surface area (Å²) in [6.45, 7) is 11.3. The maximum atomic E-state index is 12.1. The van der Waals surface area contributed by atoms with Crippen molar-refractivity contribution >= 4 is 40.7 Å². The van der Waals surface area contributed by atoms with E-state index in [1.54, 1.807) is 0 Å². The molecule has 0 aromatic carbocycles. The number of piperidine rings is 1. The van der Waals surface area contributed by atoms with E-state index in [4.69, 9.17) is 0 Å². The summed E-state index contributed by atoms with van der Waals surface area (Å²) in [4.78, 5) is 7.04. The Morgan fingerprint density at radius 3 is 2.70 bits per heavy atom. The zero-order valence-electron chi connectivity index (χ0n) is 17.7. The van der Waals surface area contributed by atoms with Gasteiger partial charge in [-0.2, -0.15) is 0 Å². The molecule has 2 rings (SSSR count). The number of hydrogen-bond donors (Lipinski definition) is 2. The summed E-state index contributed by atoms with van der Waals surface area (Å²) < 4.78 is 12.1. The molecular formula is C20H41IN4OS. The number of guanidine groups is 1. The summed E-state index contributed by atoms with van der Waals surface area (Å²) >= 11 is 0. The number of halogens is 1. The molecule has 27 heavy (non-hydrogen) atoms. The molecule has 0 aromatic rings. The molecule has 2 fully saturated rings. The van der Waals surface area contributed by atoms with Gasteiger partial charge in [0.2, 0.25) is 0 Å². The minimum atomic E-state index is -0.673. The van der Waals surface area contributed by atoms with Crippen LogP contribution in [0.2, 0.25) is 0 Å². The maximum absolute atomic E-state index is 12.1. The lowest BCUT2D eigenvalue weighted by Crippen LogP contribution is -2.49. The van der Waals surface area contributed by atoms with Gasteiger partial charge >= 0.3 is 0 Å². The van der Waals surface area contributed by atoms with Crippen LogP contribution in [0.25, 0.3) is 0 Å². The molecule has 1 aliphatic heterocycles. The van der Waals surface area contributed by atoms with Crippen LogP contribution >= 0.6 is 24.0 Å². The van der Waals surface area contributed by atoms with Gasteiger partial charge in [0, 0.05) is 54.5 Å². The van der Waals surface area contributed by atoms with Crippen molar-refractivity contribution in [1.29, 1.82) is 0 Å². The van der Waals surface area contributed by atoms with Crippen LogP contribution in [0.1, 0.15) is 59.3 Å². The minimum absolute atomic E-state index is 0. The van der Waals surface area contributed by atoms with Crippen LogP contribution in [0.3, 0.4) is 0 Å². The third-order valence-corrected chi connectivity index (χ3v) is 7.37. The highest BCUT2D eigenvalue weighted by molar-refractivity contribution is 14.0. The highest BCUT2D eigenvalue weighted by atomic mass is 127. The molecule has 1 aliphatic carbocycles. The highest BCUT2D eigenvalue weighted by Crippen LogP contribution is 2.23. The minimum Gasteiger partial charge on any atom is -0.356 e. The molecule has 5 nitrogen and oxygen atoms in total. The van der Waals surface area contributed by atoms with E-state index in [0.717, 1.165) is 49.9 Å². The second-order valence-corrected chi connectivity index (χ2v) is 10.4. The normalized spacial score (nSPS) is 28.5. The Kier molecular flexibility index (Phi) is 12.4.